The van der Waals surface area contributed by atoms with Crippen molar-refractivity contribution in [3.05, 3.63) is 12.0 Å². The minimum atomic E-state index is -0.731. The SMILES string of the molecule is CC(C)C(N)C(=O)OC1C[C@H](n2cnc3c2NC(N)=NC3N)O[C@@H]1CO. The van der Waals surface area contributed by atoms with Gasteiger partial charge in [-0.3, -0.25) is 9.36 Å². The van der Waals surface area contributed by atoms with Gasteiger partial charge in [0.1, 0.15) is 42.2 Å². The van der Waals surface area contributed by atoms with E-state index in [1.807, 2.05) is 13.8 Å². The van der Waals surface area contributed by atoms with Crippen LogP contribution in [0, 0.1) is 5.92 Å². The average Bonchev–Trinajstić information content (AvgIpc) is 3.17. The molecule has 11 heteroatoms. The average molecular weight is 367 g/mol. The molecule has 11 nitrogen and oxygen atoms in total. The third-order valence-corrected chi connectivity index (χ3v) is 4.56. The number of guanidine groups is 1. The molecule has 3 heterocycles. The molecule has 1 fully saturated rings. The summed E-state index contributed by atoms with van der Waals surface area (Å²) in [7, 11) is 0. The van der Waals surface area contributed by atoms with Gasteiger partial charge in [-0.25, -0.2) is 9.98 Å². The first-order valence-electron chi connectivity index (χ1n) is 8.46. The normalized spacial score (nSPS) is 29.1. The van der Waals surface area contributed by atoms with Crippen LogP contribution in [-0.4, -0.2) is 51.4 Å². The first kappa shape index (κ1) is 18.6. The highest BCUT2D eigenvalue weighted by atomic mass is 16.6. The van der Waals surface area contributed by atoms with Crippen molar-refractivity contribution in [3.8, 4) is 0 Å². The van der Waals surface area contributed by atoms with Gasteiger partial charge in [0.05, 0.1) is 12.9 Å². The summed E-state index contributed by atoms with van der Waals surface area (Å²) >= 11 is 0. The van der Waals surface area contributed by atoms with Gasteiger partial charge in [0, 0.05) is 6.42 Å². The number of aromatic nitrogens is 2. The van der Waals surface area contributed by atoms with Crippen LogP contribution in [0.3, 0.4) is 0 Å². The van der Waals surface area contributed by atoms with Gasteiger partial charge in [-0.15, -0.1) is 0 Å². The monoisotopic (exact) mass is 367 g/mol. The van der Waals surface area contributed by atoms with E-state index in [1.54, 1.807) is 10.9 Å². The van der Waals surface area contributed by atoms with Crippen LogP contribution in [0.25, 0.3) is 0 Å². The molecule has 0 radical (unpaired) electrons. The van der Waals surface area contributed by atoms with E-state index in [0.29, 0.717) is 17.9 Å². The van der Waals surface area contributed by atoms with Crippen LogP contribution in [0.2, 0.25) is 0 Å². The largest absolute Gasteiger partial charge is 0.458 e. The lowest BCUT2D eigenvalue weighted by Gasteiger charge is -2.21. The number of hydrogen-bond acceptors (Lipinski definition) is 10. The zero-order valence-corrected chi connectivity index (χ0v) is 14.7. The summed E-state index contributed by atoms with van der Waals surface area (Å²) in [5.41, 5.74) is 18.0. The summed E-state index contributed by atoms with van der Waals surface area (Å²) in [6, 6.07) is -0.731. The Labute approximate surface area is 150 Å². The molecule has 0 amide bonds. The molecule has 2 aliphatic heterocycles. The number of aliphatic hydroxyl groups is 1. The van der Waals surface area contributed by atoms with Crippen molar-refractivity contribution in [1.82, 2.24) is 9.55 Å². The molecule has 0 aromatic carbocycles. The van der Waals surface area contributed by atoms with Crippen LogP contribution in [-0.2, 0) is 14.3 Å². The third-order valence-electron chi connectivity index (χ3n) is 4.56. The van der Waals surface area contributed by atoms with Crippen LogP contribution in [0.4, 0.5) is 5.82 Å². The van der Waals surface area contributed by atoms with E-state index >= 15 is 0 Å². The number of esters is 1. The predicted molar refractivity (Wildman–Crippen MR) is 92.7 cm³/mol. The molecular weight excluding hydrogens is 342 g/mol. The van der Waals surface area contributed by atoms with Gasteiger partial charge >= 0.3 is 5.97 Å². The number of aliphatic imine (C=N–C) groups is 1. The van der Waals surface area contributed by atoms with Crippen LogP contribution in [0.15, 0.2) is 11.3 Å². The van der Waals surface area contributed by atoms with Crippen molar-refractivity contribution < 1.29 is 19.4 Å². The smallest absolute Gasteiger partial charge is 0.323 e. The number of imidazole rings is 1. The number of ether oxygens (including phenoxy) is 2. The summed E-state index contributed by atoms with van der Waals surface area (Å²) < 4.78 is 13.0. The molecule has 1 aromatic heterocycles. The van der Waals surface area contributed by atoms with Crippen molar-refractivity contribution in [2.75, 3.05) is 11.9 Å². The van der Waals surface area contributed by atoms with Gasteiger partial charge in [-0.2, -0.15) is 0 Å². The number of carbonyl (C=O) groups excluding carboxylic acids is 1. The standard InChI is InChI=1S/C15H25N7O4/c1-6(2)10(16)14(24)26-7-3-9(25-8(7)4-23)22-5-19-11-12(17)20-15(18)21-13(11)22/h5-10,12,23H,3-4,16-17H2,1-2H3,(H3,18,20,21)/t7?,8-,9-,10?,12?/m1/s1. The maximum atomic E-state index is 12.1. The third kappa shape index (κ3) is 3.38. The second-order valence-electron chi connectivity index (χ2n) is 6.76. The van der Waals surface area contributed by atoms with E-state index in [9.17, 15) is 9.90 Å². The lowest BCUT2D eigenvalue weighted by molar-refractivity contribution is -0.155. The molecule has 0 aliphatic carbocycles. The predicted octanol–water partition coefficient (Wildman–Crippen LogP) is -1.24. The van der Waals surface area contributed by atoms with Gasteiger partial charge in [-0.05, 0) is 5.92 Å². The Balaban J connectivity index is 1.75. The highest BCUT2D eigenvalue weighted by Gasteiger charge is 2.41. The Morgan fingerprint density at radius 3 is 2.96 bits per heavy atom. The van der Waals surface area contributed by atoms with Gasteiger partial charge in [0.25, 0.3) is 0 Å². The number of aliphatic hydroxyl groups excluding tert-OH is 1. The van der Waals surface area contributed by atoms with E-state index in [0.717, 1.165) is 0 Å². The quantitative estimate of drug-likeness (QED) is 0.398. The topological polar surface area (TPSA) is 176 Å². The molecule has 144 valence electrons. The molecule has 3 unspecified atom stereocenters. The van der Waals surface area contributed by atoms with Crippen molar-refractivity contribution in [1.29, 1.82) is 0 Å². The Morgan fingerprint density at radius 1 is 1.58 bits per heavy atom. The lowest BCUT2D eigenvalue weighted by atomic mass is 10.1. The maximum Gasteiger partial charge on any atom is 0.323 e. The number of carbonyl (C=O) groups is 1. The zero-order chi connectivity index (χ0) is 19.0. The maximum absolute atomic E-state index is 12.1. The number of nitrogens with zero attached hydrogens (tertiary/aromatic N) is 3. The molecule has 1 saturated heterocycles. The molecule has 2 aliphatic rings. The summed E-state index contributed by atoms with van der Waals surface area (Å²) in [5, 5.41) is 12.5. The van der Waals surface area contributed by atoms with Crippen molar-refractivity contribution in [2.45, 2.75) is 50.9 Å². The fourth-order valence-corrected chi connectivity index (χ4v) is 2.96. The highest BCUT2D eigenvalue weighted by molar-refractivity contribution is 5.93. The number of nitrogens with two attached hydrogens (primary N) is 3. The Bertz CT molecular complexity index is 704. The Hall–Kier alpha value is -2.21. The number of fused-ring (bicyclic) bond motifs is 1. The number of rotatable bonds is 5. The summed E-state index contributed by atoms with van der Waals surface area (Å²) in [6.07, 6.45) is -0.580. The van der Waals surface area contributed by atoms with Crippen LogP contribution in [0.1, 0.15) is 38.4 Å². The van der Waals surface area contributed by atoms with Gasteiger partial charge in [0.15, 0.2) is 5.96 Å². The summed E-state index contributed by atoms with van der Waals surface area (Å²) in [5.74, 6) is 0.172. The lowest BCUT2D eigenvalue weighted by Crippen LogP contribution is -2.41. The summed E-state index contributed by atoms with van der Waals surface area (Å²) in [4.78, 5) is 20.4. The van der Waals surface area contributed by atoms with E-state index in [4.69, 9.17) is 26.7 Å². The molecule has 3 rings (SSSR count). The second-order valence-corrected chi connectivity index (χ2v) is 6.76. The Kier molecular flexibility index (Phi) is 5.14. The van der Waals surface area contributed by atoms with Crippen LogP contribution >= 0.6 is 0 Å². The molecule has 26 heavy (non-hydrogen) atoms. The van der Waals surface area contributed by atoms with Crippen molar-refractivity contribution in [3.63, 3.8) is 0 Å². The van der Waals surface area contributed by atoms with Crippen molar-refractivity contribution in [2.24, 2.45) is 28.1 Å². The van der Waals surface area contributed by atoms with Crippen molar-refractivity contribution >= 4 is 17.7 Å². The minimum Gasteiger partial charge on any atom is -0.458 e. The first-order chi connectivity index (χ1) is 12.3. The number of anilines is 1. The van der Waals surface area contributed by atoms with E-state index in [1.165, 1.54) is 0 Å². The molecule has 0 bridgehead atoms. The van der Waals surface area contributed by atoms with Gasteiger partial charge < -0.3 is 37.1 Å². The first-order valence-corrected chi connectivity index (χ1v) is 8.46. The number of nitrogens with one attached hydrogen (secondary N) is 1. The summed E-state index contributed by atoms with van der Waals surface area (Å²) in [6.45, 7) is 3.38. The van der Waals surface area contributed by atoms with Crippen LogP contribution in [0.5, 0.6) is 0 Å². The molecule has 1 aromatic rings. The fraction of sp³-hybridized carbons (Fsp3) is 0.667. The van der Waals surface area contributed by atoms with Gasteiger partial charge in [-0.1, -0.05) is 13.8 Å². The zero-order valence-electron chi connectivity index (χ0n) is 14.7. The molecule has 8 N–H and O–H groups in total. The van der Waals surface area contributed by atoms with E-state index < -0.39 is 36.6 Å². The molecule has 0 saturated carbocycles. The van der Waals surface area contributed by atoms with Gasteiger partial charge in [0.2, 0.25) is 0 Å². The Morgan fingerprint density at radius 2 is 2.31 bits per heavy atom. The van der Waals surface area contributed by atoms with Crippen LogP contribution < -0.4 is 22.5 Å². The molecule has 0 spiro atoms. The van der Waals surface area contributed by atoms with E-state index in [2.05, 4.69) is 15.3 Å². The fourth-order valence-electron chi connectivity index (χ4n) is 2.96. The molecule has 5 atom stereocenters. The minimum absolute atomic E-state index is 0.0539. The molecular formula is C15H25N7O4. The second kappa shape index (κ2) is 7.19. The highest BCUT2D eigenvalue weighted by Crippen LogP contribution is 2.36. The number of hydrogen-bond donors (Lipinski definition) is 5. The van der Waals surface area contributed by atoms with E-state index in [-0.39, 0.29) is 18.5 Å².